The Labute approximate surface area is 216 Å². The van der Waals surface area contributed by atoms with Gasteiger partial charge in [-0.2, -0.15) is 0 Å². The van der Waals surface area contributed by atoms with Gasteiger partial charge in [0.05, 0.1) is 22.6 Å². The van der Waals surface area contributed by atoms with Crippen LogP contribution in [-0.2, 0) is 21.4 Å². The number of halogens is 2. The van der Waals surface area contributed by atoms with Crippen LogP contribution in [0.1, 0.15) is 37.3 Å². The fourth-order valence-electron chi connectivity index (χ4n) is 5.83. The molecule has 1 heterocycles. The van der Waals surface area contributed by atoms with E-state index in [1.165, 1.54) is 6.92 Å². The number of carbonyl (C=O) groups is 2. The van der Waals surface area contributed by atoms with Gasteiger partial charge >= 0.3 is 5.97 Å². The summed E-state index contributed by atoms with van der Waals surface area (Å²) in [7, 11) is 3.89. The van der Waals surface area contributed by atoms with Crippen molar-refractivity contribution in [1.29, 1.82) is 0 Å². The number of rotatable bonds is 5. The molecule has 1 saturated carbocycles. The van der Waals surface area contributed by atoms with Gasteiger partial charge in [-0.15, -0.1) is 0 Å². The molecule has 0 spiro atoms. The Morgan fingerprint density at radius 2 is 1.97 bits per heavy atom. The Kier molecular flexibility index (Phi) is 7.77. The Bertz CT molecular complexity index is 1110. The first-order valence-electron chi connectivity index (χ1n) is 11.9. The molecule has 4 rings (SSSR count). The van der Waals surface area contributed by atoms with E-state index >= 15 is 0 Å². The quantitative estimate of drug-likeness (QED) is 0.471. The first-order chi connectivity index (χ1) is 16.6. The maximum Gasteiger partial charge on any atom is 0.308 e. The van der Waals surface area contributed by atoms with Crippen molar-refractivity contribution >= 4 is 35.1 Å². The summed E-state index contributed by atoms with van der Waals surface area (Å²) in [6.45, 7) is 3.04. The SMILES string of the molecule is CC(=O)Oc1cccc([C@@]23CCN(C)C[C@H]2C(O)C[C@@H](N(C)C(=O)Cc2ccc(Cl)c(Cl)c2)C3)c1. The summed E-state index contributed by atoms with van der Waals surface area (Å²) in [5, 5.41) is 12.2. The predicted molar refractivity (Wildman–Crippen MR) is 137 cm³/mol. The molecule has 1 aliphatic carbocycles. The maximum atomic E-state index is 13.2. The highest BCUT2D eigenvalue weighted by molar-refractivity contribution is 6.42. The molecule has 0 bridgehead atoms. The van der Waals surface area contributed by atoms with Gasteiger partial charge in [-0.3, -0.25) is 9.59 Å². The van der Waals surface area contributed by atoms with Gasteiger partial charge in [0.15, 0.2) is 0 Å². The van der Waals surface area contributed by atoms with Gasteiger partial charge in [0.2, 0.25) is 5.91 Å². The molecule has 0 radical (unpaired) electrons. The van der Waals surface area contributed by atoms with E-state index in [2.05, 4.69) is 18.0 Å². The number of aliphatic hydroxyl groups excluding tert-OH is 1. The van der Waals surface area contributed by atoms with Crippen LogP contribution in [0.2, 0.25) is 10.0 Å². The highest BCUT2D eigenvalue weighted by Crippen LogP contribution is 2.50. The van der Waals surface area contributed by atoms with E-state index in [4.69, 9.17) is 27.9 Å². The molecule has 0 aromatic heterocycles. The smallest absolute Gasteiger partial charge is 0.308 e. The van der Waals surface area contributed by atoms with E-state index in [1.54, 1.807) is 23.1 Å². The standard InChI is InChI=1S/C27H32Cl2N2O4/c1-17(32)35-21-6-4-5-19(13-21)27-9-10-30(2)16-22(27)25(33)14-20(15-27)31(3)26(34)12-18-7-8-23(28)24(29)11-18/h4-8,11,13,20,22,25,33H,9-10,12,14-16H2,1-3H3/t20-,22+,25?,27+/m1/s1. The molecule has 1 unspecified atom stereocenters. The molecule has 1 aliphatic heterocycles. The zero-order valence-electron chi connectivity index (χ0n) is 20.3. The molecule has 188 valence electrons. The topological polar surface area (TPSA) is 70.1 Å². The summed E-state index contributed by atoms with van der Waals surface area (Å²) in [4.78, 5) is 28.8. The second-order valence-corrected chi connectivity index (χ2v) is 10.8. The second kappa shape index (κ2) is 10.5. The first kappa shape index (κ1) is 26.0. The number of amides is 1. The molecule has 2 aromatic carbocycles. The number of benzene rings is 2. The van der Waals surface area contributed by atoms with E-state index in [1.807, 2.05) is 25.2 Å². The minimum Gasteiger partial charge on any atom is -0.427 e. The Morgan fingerprint density at radius 3 is 2.69 bits per heavy atom. The minimum atomic E-state index is -0.561. The van der Waals surface area contributed by atoms with E-state index < -0.39 is 6.10 Å². The summed E-state index contributed by atoms with van der Waals surface area (Å²) in [5.41, 5.74) is 1.51. The molecule has 8 heteroatoms. The lowest BCUT2D eigenvalue weighted by Crippen LogP contribution is -2.60. The third-order valence-electron chi connectivity index (χ3n) is 7.69. The fourth-order valence-corrected chi connectivity index (χ4v) is 6.15. The third-order valence-corrected chi connectivity index (χ3v) is 8.43. The third kappa shape index (κ3) is 5.51. The average molecular weight is 519 g/mol. The van der Waals surface area contributed by atoms with Crippen LogP contribution in [0.3, 0.4) is 0 Å². The van der Waals surface area contributed by atoms with Gasteiger partial charge in [0.1, 0.15) is 5.75 Å². The van der Waals surface area contributed by atoms with Crippen molar-refractivity contribution in [2.45, 2.75) is 50.2 Å². The summed E-state index contributed by atoms with van der Waals surface area (Å²) in [5.74, 6) is 0.121. The molecule has 1 N–H and O–H groups in total. The molecule has 6 nitrogen and oxygen atoms in total. The number of piperidine rings is 1. The molecule has 35 heavy (non-hydrogen) atoms. The van der Waals surface area contributed by atoms with Gasteiger partial charge in [-0.05, 0) is 68.2 Å². The first-order valence-corrected chi connectivity index (χ1v) is 12.7. The number of likely N-dealkylation sites (N-methyl/N-ethyl adjacent to an activating group) is 1. The molecule has 1 saturated heterocycles. The van der Waals surface area contributed by atoms with Crippen molar-refractivity contribution in [3.63, 3.8) is 0 Å². The van der Waals surface area contributed by atoms with E-state index in [0.717, 1.165) is 37.1 Å². The van der Waals surface area contributed by atoms with Crippen molar-refractivity contribution in [2.24, 2.45) is 5.92 Å². The van der Waals surface area contributed by atoms with Crippen LogP contribution < -0.4 is 4.74 Å². The number of hydrogen-bond donors (Lipinski definition) is 1. The minimum absolute atomic E-state index is 0.0173. The normalized spacial score (nSPS) is 26.6. The lowest BCUT2D eigenvalue weighted by molar-refractivity contribution is -0.136. The van der Waals surface area contributed by atoms with Gasteiger partial charge in [0.25, 0.3) is 0 Å². The highest BCUT2D eigenvalue weighted by Gasteiger charge is 2.52. The average Bonchev–Trinajstić information content (AvgIpc) is 2.81. The van der Waals surface area contributed by atoms with Crippen LogP contribution in [0.25, 0.3) is 0 Å². The summed E-state index contributed by atoms with van der Waals surface area (Å²) in [6.07, 6.45) is 1.75. The van der Waals surface area contributed by atoms with E-state index in [9.17, 15) is 14.7 Å². The van der Waals surface area contributed by atoms with Crippen LogP contribution in [0.4, 0.5) is 0 Å². The van der Waals surface area contributed by atoms with Gasteiger partial charge in [-0.1, -0.05) is 41.4 Å². The zero-order chi connectivity index (χ0) is 25.3. The lowest BCUT2D eigenvalue weighted by Gasteiger charge is -2.55. The van der Waals surface area contributed by atoms with Gasteiger partial charge < -0.3 is 19.6 Å². The van der Waals surface area contributed by atoms with Crippen LogP contribution in [0.5, 0.6) is 5.75 Å². The van der Waals surface area contributed by atoms with Crippen LogP contribution in [-0.4, -0.2) is 66.1 Å². The predicted octanol–water partition coefficient (Wildman–Crippen LogP) is 4.33. The Morgan fingerprint density at radius 1 is 1.20 bits per heavy atom. The Hall–Kier alpha value is -2.12. The molecule has 1 amide bonds. The van der Waals surface area contributed by atoms with Crippen molar-refractivity contribution in [2.75, 3.05) is 27.2 Å². The van der Waals surface area contributed by atoms with Crippen molar-refractivity contribution < 1.29 is 19.4 Å². The van der Waals surface area contributed by atoms with E-state index in [0.29, 0.717) is 22.2 Å². The monoisotopic (exact) mass is 518 g/mol. The number of nitrogens with zero attached hydrogens (tertiary/aromatic N) is 2. The van der Waals surface area contributed by atoms with Gasteiger partial charge in [-0.25, -0.2) is 0 Å². The highest BCUT2D eigenvalue weighted by atomic mass is 35.5. The van der Waals surface area contributed by atoms with Crippen LogP contribution in [0, 0.1) is 5.92 Å². The lowest BCUT2D eigenvalue weighted by atomic mass is 9.57. The molecule has 2 aromatic rings. The van der Waals surface area contributed by atoms with Gasteiger partial charge in [0, 0.05) is 37.9 Å². The number of fused-ring (bicyclic) bond motifs is 1. The Balaban J connectivity index is 1.62. The second-order valence-electron chi connectivity index (χ2n) is 9.99. The van der Waals surface area contributed by atoms with E-state index in [-0.39, 0.29) is 35.7 Å². The number of ether oxygens (including phenoxy) is 1. The number of hydrogen-bond acceptors (Lipinski definition) is 5. The number of esters is 1. The summed E-state index contributed by atoms with van der Waals surface area (Å²) in [6, 6.07) is 12.7. The number of aliphatic hydroxyl groups is 1. The molecule has 2 fully saturated rings. The molecular weight excluding hydrogens is 487 g/mol. The zero-order valence-corrected chi connectivity index (χ0v) is 21.9. The molecule has 4 atom stereocenters. The van der Waals surface area contributed by atoms with Crippen molar-refractivity contribution in [3.05, 3.63) is 63.6 Å². The molecular formula is C27H32Cl2N2O4. The maximum absolute atomic E-state index is 13.2. The summed E-state index contributed by atoms with van der Waals surface area (Å²) >= 11 is 12.2. The molecule has 2 aliphatic rings. The van der Waals surface area contributed by atoms with Crippen molar-refractivity contribution in [1.82, 2.24) is 9.80 Å². The summed E-state index contributed by atoms with van der Waals surface area (Å²) < 4.78 is 5.37. The number of likely N-dealkylation sites (tertiary alicyclic amines) is 1. The van der Waals surface area contributed by atoms with Crippen molar-refractivity contribution in [3.8, 4) is 5.75 Å². The number of carbonyl (C=O) groups excluding carboxylic acids is 2. The van der Waals surface area contributed by atoms with Crippen LogP contribution >= 0.6 is 23.2 Å². The van der Waals surface area contributed by atoms with Crippen LogP contribution in [0.15, 0.2) is 42.5 Å². The largest absolute Gasteiger partial charge is 0.427 e. The fraction of sp³-hybridized carbons (Fsp3) is 0.481.